The van der Waals surface area contributed by atoms with E-state index >= 15 is 0 Å². The maximum absolute atomic E-state index is 13.0. The molecule has 0 radical (unpaired) electrons. The van der Waals surface area contributed by atoms with Gasteiger partial charge >= 0.3 is 0 Å². The molecular weight excluding hydrogens is 258 g/mol. The van der Waals surface area contributed by atoms with E-state index in [9.17, 15) is 8.78 Å². The standard InChI is InChI=1S/C9H9BrF2O2/c1-14-8-4-6(2-3-7(8)10)9(11,12)5-13/h2-4,13H,5H2,1H3. The Balaban J connectivity index is 3.12. The van der Waals surface area contributed by atoms with E-state index in [1.54, 1.807) is 0 Å². The summed E-state index contributed by atoms with van der Waals surface area (Å²) in [7, 11) is 1.39. The first-order valence-electron chi connectivity index (χ1n) is 3.84. The average molecular weight is 267 g/mol. The van der Waals surface area contributed by atoms with E-state index in [-0.39, 0.29) is 5.56 Å². The smallest absolute Gasteiger partial charge is 0.295 e. The van der Waals surface area contributed by atoms with Gasteiger partial charge in [-0.25, -0.2) is 0 Å². The molecule has 1 N–H and O–H groups in total. The van der Waals surface area contributed by atoms with Crippen molar-refractivity contribution in [1.82, 2.24) is 0 Å². The Labute approximate surface area is 88.6 Å². The summed E-state index contributed by atoms with van der Waals surface area (Å²) in [6.45, 7) is -1.21. The number of hydrogen-bond donors (Lipinski definition) is 1. The molecule has 0 saturated heterocycles. The van der Waals surface area contributed by atoms with Crippen molar-refractivity contribution in [3.8, 4) is 5.75 Å². The third kappa shape index (κ3) is 2.22. The first-order chi connectivity index (χ1) is 6.51. The maximum atomic E-state index is 13.0. The maximum Gasteiger partial charge on any atom is 0.295 e. The van der Waals surface area contributed by atoms with E-state index in [4.69, 9.17) is 9.84 Å². The van der Waals surface area contributed by atoms with Gasteiger partial charge < -0.3 is 9.84 Å². The lowest BCUT2D eigenvalue weighted by Crippen LogP contribution is -2.18. The number of rotatable bonds is 3. The summed E-state index contributed by atoms with van der Waals surface area (Å²) >= 11 is 3.15. The lowest BCUT2D eigenvalue weighted by atomic mass is 10.1. The third-order valence-electron chi connectivity index (χ3n) is 1.77. The number of aliphatic hydroxyl groups excluding tert-OH is 1. The van der Waals surface area contributed by atoms with E-state index in [0.29, 0.717) is 10.2 Å². The van der Waals surface area contributed by atoms with Crippen LogP contribution in [0.1, 0.15) is 5.56 Å². The number of halogens is 3. The molecule has 1 aromatic carbocycles. The molecule has 0 aliphatic heterocycles. The van der Waals surface area contributed by atoms with Gasteiger partial charge in [-0.1, -0.05) is 6.07 Å². The lowest BCUT2D eigenvalue weighted by molar-refractivity contribution is -0.0557. The van der Waals surface area contributed by atoms with Crippen molar-refractivity contribution in [2.24, 2.45) is 0 Å². The minimum absolute atomic E-state index is 0.264. The third-order valence-corrected chi connectivity index (χ3v) is 2.43. The highest BCUT2D eigenvalue weighted by Gasteiger charge is 2.31. The summed E-state index contributed by atoms with van der Waals surface area (Å²) in [5.74, 6) is -2.91. The minimum atomic E-state index is -3.23. The van der Waals surface area contributed by atoms with Gasteiger partial charge in [0, 0.05) is 5.56 Å². The van der Waals surface area contributed by atoms with Crippen molar-refractivity contribution >= 4 is 15.9 Å². The highest BCUT2D eigenvalue weighted by atomic mass is 79.9. The number of alkyl halides is 2. The number of hydrogen-bond acceptors (Lipinski definition) is 2. The Hall–Kier alpha value is -0.680. The molecule has 0 amide bonds. The van der Waals surface area contributed by atoms with Crippen molar-refractivity contribution in [3.05, 3.63) is 28.2 Å². The van der Waals surface area contributed by atoms with Gasteiger partial charge in [0.15, 0.2) is 0 Å². The summed E-state index contributed by atoms with van der Waals surface area (Å²) in [6.07, 6.45) is 0. The van der Waals surface area contributed by atoms with E-state index in [2.05, 4.69) is 15.9 Å². The van der Waals surface area contributed by atoms with Gasteiger partial charge in [-0.05, 0) is 28.1 Å². The second-order valence-corrected chi connectivity index (χ2v) is 3.57. The van der Waals surface area contributed by atoms with Crippen LogP contribution in [0.4, 0.5) is 8.78 Å². The molecule has 0 fully saturated rings. The van der Waals surface area contributed by atoms with Gasteiger partial charge in [0.1, 0.15) is 12.4 Å². The van der Waals surface area contributed by atoms with Crippen LogP contribution in [0.5, 0.6) is 5.75 Å². The zero-order valence-corrected chi connectivity index (χ0v) is 9.01. The molecule has 0 spiro atoms. The fraction of sp³-hybridized carbons (Fsp3) is 0.333. The van der Waals surface area contributed by atoms with Crippen molar-refractivity contribution in [2.45, 2.75) is 5.92 Å². The molecule has 1 rings (SSSR count). The van der Waals surface area contributed by atoms with Crippen LogP contribution < -0.4 is 4.74 Å². The molecule has 0 unspecified atom stereocenters. The van der Waals surface area contributed by atoms with Crippen LogP contribution in [0, 0.1) is 0 Å². The van der Waals surface area contributed by atoms with E-state index in [1.165, 1.54) is 25.3 Å². The average Bonchev–Trinajstić information content (AvgIpc) is 2.18. The Morgan fingerprint density at radius 2 is 2.14 bits per heavy atom. The van der Waals surface area contributed by atoms with Crippen molar-refractivity contribution in [2.75, 3.05) is 13.7 Å². The summed E-state index contributed by atoms with van der Waals surface area (Å²) in [5, 5.41) is 8.48. The van der Waals surface area contributed by atoms with E-state index in [0.717, 1.165) is 0 Å². The number of ether oxygens (including phenoxy) is 1. The minimum Gasteiger partial charge on any atom is -0.496 e. The van der Waals surface area contributed by atoms with Crippen molar-refractivity contribution in [1.29, 1.82) is 0 Å². The highest BCUT2D eigenvalue weighted by Crippen LogP contribution is 2.33. The summed E-state index contributed by atoms with van der Waals surface area (Å²) < 4.78 is 31.5. The largest absolute Gasteiger partial charge is 0.496 e. The van der Waals surface area contributed by atoms with Crippen LogP contribution in [0.2, 0.25) is 0 Å². The molecular formula is C9H9BrF2O2. The van der Waals surface area contributed by atoms with Gasteiger partial charge in [-0.3, -0.25) is 0 Å². The summed E-state index contributed by atoms with van der Waals surface area (Å²) in [5.41, 5.74) is -0.264. The Kier molecular flexibility index (Phi) is 3.44. The number of aliphatic hydroxyl groups is 1. The molecule has 5 heteroatoms. The van der Waals surface area contributed by atoms with Crippen LogP contribution in [0.15, 0.2) is 22.7 Å². The molecule has 1 aromatic rings. The van der Waals surface area contributed by atoms with Crippen LogP contribution in [0.25, 0.3) is 0 Å². The molecule has 0 atom stereocenters. The normalized spacial score (nSPS) is 11.5. The first-order valence-corrected chi connectivity index (χ1v) is 4.63. The van der Waals surface area contributed by atoms with Crippen LogP contribution in [0.3, 0.4) is 0 Å². The molecule has 0 heterocycles. The number of benzene rings is 1. The fourth-order valence-electron chi connectivity index (χ4n) is 0.979. The molecule has 0 aliphatic rings. The van der Waals surface area contributed by atoms with Crippen molar-refractivity contribution < 1.29 is 18.6 Å². The lowest BCUT2D eigenvalue weighted by Gasteiger charge is -2.14. The second kappa shape index (κ2) is 4.23. The van der Waals surface area contributed by atoms with Gasteiger partial charge in [0.25, 0.3) is 5.92 Å². The van der Waals surface area contributed by atoms with Crippen LogP contribution in [-0.4, -0.2) is 18.8 Å². The van der Waals surface area contributed by atoms with E-state index in [1.807, 2.05) is 0 Å². The second-order valence-electron chi connectivity index (χ2n) is 2.71. The molecule has 0 aliphatic carbocycles. The fourth-order valence-corrected chi connectivity index (χ4v) is 1.39. The molecule has 0 aromatic heterocycles. The Bertz CT molecular complexity index is 329. The zero-order chi connectivity index (χ0) is 10.8. The molecule has 2 nitrogen and oxygen atoms in total. The zero-order valence-electron chi connectivity index (χ0n) is 7.43. The van der Waals surface area contributed by atoms with Gasteiger partial charge in [0.05, 0.1) is 11.6 Å². The highest BCUT2D eigenvalue weighted by molar-refractivity contribution is 9.10. The quantitative estimate of drug-likeness (QED) is 0.911. The summed E-state index contributed by atoms with van der Waals surface area (Å²) in [6, 6.07) is 3.89. The predicted molar refractivity (Wildman–Crippen MR) is 51.7 cm³/mol. The molecule has 78 valence electrons. The number of methoxy groups -OCH3 is 1. The predicted octanol–water partition coefficient (Wildman–Crippen LogP) is 2.54. The molecule has 14 heavy (non-hydrogen) atoms. The monoisotopic (exact) mass is 266 g/mol. The van der Waals surface area contributed by atoms with Gasteiger partial charge in [-0.2, -0.15) is 8.78 Å². The summed E-state index contributed by atoms with van der Waals surface area (Å²) in [4.78, 5) is 0. The SMILES string of the molecule is COc1cc(C(F)(F)CO)ccc1Br. The van der Waals surface area contributed by atoms with Gasteiger partial charge in [0.2, 0.25) is 0 Å². The molecule has 0 bridgehead atoms. The van der Waals surface area contributed by atoms with Crippen molar-refractivity contribution in [3.63, 3.8) is 0 Å². The topological polar surface area (TPSA) is 29.5 Å². The van der Waals surface area contributed by atoms with Crippen LogP contribution >= 0.6 is 15.9 Å². The van der Waals surface area contributed by atoms with E-state index < -0.39 is 12.5 Å². The Morgan fingerprint density at radius 3 is 2.64 bits per heavy atom. The van der Waals surface area contributed by atoms with Gasteiger partial charge in [-0.15, -0.1) is 0 Å². The van der Waals surface area contributed by atoms with Crippen LogP contribution in [-0.2, 0) is 5.92 Å². The molecule has 0 saturated carbocycles. The Morgan fingerprint density at radius 1 is 1.50 bits per heavy atom. The first kappa shape index (κ1) is 11.4.